The molecule has 0 heterocycles. The van der Waals surface area contributed by atoms with Gasteiger partial charge in [0, 0.05) is 13.2 Å². The van der Waals surface area contributed by atoms with Crippen LogP contribution >= 0.6 is 0 Å². The Kier molecular flexibility index (Phi) is 7.29. The van der Waals surface area contributed by atoms with E-state index in [0.717, 1.165) is 6.54 Å². The van der Waals surface area contributed by atoms with Crippen LogP contribution in [0.2, 0.25) is 0 Å². The number of carbonyl (C=O) groups is 1. The summed E-state index contributed by atoms with van der Waals surface area (Å²) in [5.74, 6) is 5.22. The Balaban J connectivity index is 4.17. The molecule has 0 aliphatic heterocycles. The van der Waals surface area contributed by atoms with Crippen LogP contribution in [0.4, 0.5) is 0 Å². The molecule has 0 saturated carbocycles. The highest BCUT2D eigenvalue weighted by molar-refractivity contribution is 5.81. The molecule has 0 spiro atoms. The van der Waals surface area contributed by atoms with E-state index in [1.165, 1.54) is 0 Å². The number of amides is 1. The molecule has 0 aromatic carbocycles. The SMILES string of the molecule is CCOCCN(C)C(C(=O)NN)C(C)C. The number of nitrogens with two attached hydrogens (primary N) is 1. The molecule has 0 rings (SSSR count). The molecule has 0 aromatic heterocycles. The van der Waals surface area contributed by atoms with Crippen molar-refractivity contribution in [3.63, 3.8) is 0 Å². The van der Waals surface area contributed by atoms with Crippen LogP contribution in [0.5, 0.6) is 0 Å². The lowest BCUT2D eigenvalue weighted by Gasteiger charge is -2.29. The third kappa shape index (κ3) is 5.11. The van der Waals surface area contributed by atoms with Crippen molar-refractivity contribution in [1.29, 1.82) is 0 Å². The van der Waals surface area contributed by atoms with Crippen molar-refractivity contribution in [3.05, 3.63) is 0 Å². The molecule has 0 radical (unpaired) electrons. The van der Waals surface area contributed by atoms with E-state index in [4.69, 9.17) is 10.6 Å². The monoisotopic (exact) mass is 217 g/mol. The van der Waals surface area contributed by atoms with Crippen LogP contribution in [0.3, 0.4) is 0 Å². The minimum atomic E-state index is -0.199. The van der Waals surface area contributed by atoms with Crippen molar-refractivity contribution >= 4 is 5.91 Å². The Labute approximate surface area is 91.9 Å². The highest BCUT2D eigenvalue weighted by atomic mass is 16.5. The van der Waals surface area contributed by atoms with Gasteiger partial charge in [-0.25, -0.2) is 5.84 Å². The zero-order valence-electron chi connectivity index (χ0n) is 10.1. The third-order valence-electron chi connectivity index (χ3n) is 2.31. The van der Waals surface area contributed by atoms with Gasteiger partial charge in [0.05, 0.1) is 12.6 Å². The summed E-state index contributed by atoms with van der Waals surface area (Å²) in [5, 5.41) is 0. The van der Waals surface area contributed by atoms with E-state index < -0.39 is 0 Å². The Hall–Kier alpha value is -0.650. The summed E-state index contributed by atoms with van der Waals surface area (Å²) in [6.07, 6.45) is 0. The van der Waals surface area contributed by atoms with Crippen LogP contribution in [0.25, 0.3) is 0 Å². The van der Waals surface area contributed by atoms with Gasteiger partial charge in [-0.05, 0) is 19.9 Å². The highest BCUT2D eigenvalue weighted by Gasteiger charge is 2.25. The molecule has 1 unspecified atom stereocenters. The molecule has 1 atom stereocenters. The molecule has 1 amide bonds. The molecule has 3 N–H and O–H groups in total. The van der Waals surface area contributed by atoms with E-state index in [0.29, 0.717) is 13.2 Å². The number of nitrogens with one attached hydrogen (secondary N) is 1. The highest BCUT2D eigenvalue weighted by Crippen LogP contribution is 2.08. The van der Waals surface area contributed by atoms with Crippen LogP contribution in [-0.2, 0) is 9.53 Å². The van der Waals surface area contributed by atoms with Gasteiger partial charge in [0.25, 0.3) is 5.91 Å². The van der Waals surface area contributed by atoms with Crippen molar-refractivity contribution in [1.82, 2.24) is 10.3 Å². The van der Waals surface area contributed by atoms with E-state index in [-0.39, 0.29) is 17.9 Å². The van der Waals surface area contributed by atoms with Gasteiger partial charge in [0.2, 0.25) is 0 Å². The second-order valence-corrected chi connectivity index (χ2v) is 3.87. The predicted octanol–water partition coefficient (Wildman–Crippen LogP) is -0.0308. The van der Waals surface area contributed by atoms with E-state index in [9.17, 15) is 4.79 Å². The first-order chi connectivity index (χ1) is 7.04. The summed E-state index contributed by atoms with van der Waals surface area (Å²) in [6.45, 7) is 8.00. The fourth-order valence-electron chi connectivity index (χ4n) is 1.59. The fourth-order valence-corrected chi connectivity index (χ4v) is 1.59. The fraction of sp³-hybridized carbons (Fsp3) is 0.900. The lowest BCUT2D eigenvalue weighted by molar-refractivity contribution is -0.127. The normalized spacial score (nSPS) is 13.3. The van der Waals surface area contributed by atoms with E-state index >= 15 is 0 Å². The first-order valence-corrected chi connectivity index (χ1v) is 5.33. The zero-order chi connectivity index (χ0) is 11.8. The van der Waals surface area contributed by atoms with E-state index in [2.05, 4.69) is 5.43 Å². The van der Waals surface area contributed by atoms with Gasteiger partial charge >= 0.3 is 0 Å². The van der Waals surface area contributed by atoms with Gasteiger partial charge in [0.15, 0.2) is 0 Å². The van der Waals surface area contributed by atoms with Gasteiger partial charge in [-0.15, -0.1) is 0 Å². The first-order valence-electron chi connectivity index (χ1n) is 5.33. The van der Waals surface area contributed by atoms with Crippen LogP contribution in [0.15, 0.2) is 0 Å². The van der Waals surface area contributed by atoms with Gasteiger partial charge in [0.1, 0.15) is 0 Å². The van der Waals surface area contributed by atoms with Crippen LogP contribution in [0.1, 0.15) is 20.8 Å². The Morgan fingerprint density at radius 1 is 1.53 bits per heavy atom. The van der Waals surface area contributed by atoms with Gasteiger partial charge in [-0.3, -0.25) is 15.1 Å². The molecule has 5 nitrogen and oxygen atoms in total. The molecule has 0 aliphatic rings. The predicted molar refractivity (Wildman–Crippen MR) is 60.1 cm³/mol. The maximum absolute atomic E-state index is 11.5. The van der Waals surface area contributed by atoms with Gasteiger partial charge in [-0.1, -0.05) is 13.8 Å². The summed E-state index contributed by atoms with van der Waals surface area (Å²) in [4.78, 5) is 13.5. The number of rotatable bonds is 7. The number of carbonyl (C=O) groups excluding carboxylic acids is 1. The summed E-state index contributed by atoms with van der Waals surface area (Å²) in [6, 6.07) is -0.199. The molecule has 0 fully saturated rings. The summed E-state index contributed by atoms with van der Waals surface area (Å²) >= 11 is 0. The smallest absolute Gasteiger partial charge is 0.251 e. The van der Waals surface area contributed by atoms with Crippen LogP contribution in [-0.4, -0.2) is 43.7 Å². The lowest BCUT2D eigenvalue weighted by atomic mass is 10.0. The Morgan fingerprint density at radius 2 is 2.13 bits per heavy atom. The van der Waals surface area contributed by atoms with Crippen molar-refractivity contribution in [3.8, 4) is 0 Å². The minimum absolute atomic E-state index is 0.149. The van der Waals surface area contributed by atoms with Crippen molar-refractivity contribution in [2.75, 3.05) is 26.8 Å². The largest absolute Gasteiger partial charge is 0.380 e. The summed E-state index contributed by atoms with van der Waals surface area (Å²) < 4.78 is 5.24. The Bertz CT molecular complexity index is 186. The summed E-state index contributed by atoms with van der Waals surface area (Å²) in [5.41, 5.74) is 2.20. The number of ether oxygens (including phenoxy) is 1. The van der Waals surface area contributed by atoms with Crippen LogP contribution in [0, 0.1) is 5.92 Å². The molecule has 90 valence electrons. The maximum atomic E-state index is 11.5. The molecule has 15 heavy (non-hydrogen) atoms. The van der Waals surface area contributed by atoms with Crippen LogP contribution < -0.4 is 11.3 Å². The van der Waals surface area contributed by atoms with E-state index in [1.807, 2.05) is 32.7 Å². The first kappa shape index (κ1) is 14.3. The third-order valence-corrected chi connectivity index (χ3v) is 2.31. The average molecular weight is 217 g/mol. The quantitative estimate of drug-likeness (QED) is 0.272. The van der Waals surface area contributed by atoms with Crippen molar-refractivity contribution in [2.24, 2.45) is 11.8 Å². The standard InChI is InChI=1S/C10H23N3O2/c1-5-15-7-6-13(4)9(8(2)3)10(14)12-11/h8-9H,5-7,11H2,1-4H3,(H,12,14). The molecular weight excluding hydrogens is 194 g/mol. The number of hydrazine groups is 1. The maximum Gasteiger partial charge on any atom is 0.251 e. The number of hydrogen-bond acceptors (Lipinski definition) is 4. The topological polar surface area (TPSA) is 67.6 Å². The summed E-state index contributed by atoms with van der Waals surface area (Å²) in [7, 11) is 1.90. The molecule has 0 aliphatic carbocycles. The zero-order valence-corrected chi connectivity index (χ0v) is 10.1. The second kappa shape index (κ2) is 7.62. The minimum Gasteiger partial charge on any atom is -0.380 e. The van der Waals surface area contributed by atoms with Gasteiger partial charge < -0.3 is 4.74 Å². The molecule has 0 aromatic rings. The van der Waals surface area contributed by atoms with Crippen molar-refractivity contribution in [2.45, 2.75) is 26.8 Å². The molecule has 5 heteroatoms. The number of hydrogen-bond donors (Lipinski definition) is 2. The van der Waals surface area contributed by atoms with Crippen molar-refractivity contribution < 1.29 is 9.53 Å². The molecule has 0 saturated heterocycles. The van der Waals surface area contributed by atoms with Gasteiger partial charge in [-0.2, -0.15) is 0 Å². The average Bonchev–Trinajstić information content (AvgIpc) is 2.17. The lowest BCUT2D eigenvalue weighted by Crippen LogP contribution is -2.51. The second-order valence-electron chi connectivity index (χ2n) is 3.87. The number of likely N-dealkylation sites (N-methyl/N-ethyl adjacent to an activating group) is 1. The number of nitrogens with zero attached hydrogens (tertiary/aromatic N) is 1. The Morgan fingerprint density at radius 3 is 2.53 bits per heavy atom. The molecular formula is C10H23N3O2. The van der Waals surface area contributed by atoms with E-state index in [1.54, 1.807) is 0 Å². The molecule has 0 bridgehead atoms.